The van der Waals surface area contributed by atoms with Gasteiger partial charge in [-0.2, -0.15) is 0 Å². The molecule has 1 aromatic heterocycles. The van der Waals surface area contributed by atoms with Crippen LogP contribution >= 0.6 is 58.5 Å². The molecule has 0 spiro atoms. The van der Waals surface area contributed by atoms with E-state index in [1.165, 1.54) is 40.2 Å². The zero-order valence-corrected chi connectivity index (χ0v) is 27.1. The molecule has 0 radical (unpaired) electrons. The molecule has 0 aliphatic carbocycles. The van der Waals surface area contributed by atoms with E-state index >= 15 is 0 Å². The summed E-state index contributed by atoms with van der Waals surface area (Å²) >= 11 is 16.3. The first-order valence-electron chi connectivity index (χ1n) is 13.4. The summed E-state index contributed by atoms with van der Waals surface area (Å²) < 4.78 is 2.07. The highest BCUT2D eigenvalue weighted by Crippen LogP contribution is 2.41. The number of nitrogens with one attached hydrogen (secondary N) is 1. The van der Waals surface area contributed by atoms with Gasteiger partial charge in [0.1, 0.15) is 29.7 Å². The van der Waals surface area contributed by atoms with Gasteiger partial charge in [0, 0.05) is 51.3 Å². The lowest BCUT2D eigenvalue weighted by Crippen LogP contribution is -2.70. The maximum Gasteiger partial charge on any atom is 0.352 e. The molecule has 0 saturated carbocycles. The van der Waals surface area contributed by atoms with Gasteiger partial charge in [0.2, 0.25) is 5.91 Å². The van der Waals surface area contributed by atoms with Crippen molar-refractivity contribution in [1.82, 2.24) is 10.2 Å². The molecule has 43 heavy (non-hydrogen) atoms. The number of hydrogen-bond acceptors (Lipinski definition) is 8. The molecule has 0 bridgehead atoms. The molecule has 15 heteroatoms. The van der Waals surface area contributed by atoms with Gasteiger partial charge in [-0.15, -0.1) is 35.3 Å². The van der Waals surface area contributed by atoms with Crippen LogP contribution in [0.1, 0.15) is 25.5 Å². The number of nitrogens with zero attached hydrogens (tertiary/aromatic N) is 2. The Bertz CT molecular complexity index is 1460. The molecule has 2 aromatic rings. The summed E-state index contributed by atoms with van der Waals surface area (Å²) in [6.07, 6.45) is 3.71. The number of pyridine rings is 1. The number of nitrogens with two attached hydrogens (primary N) is 1. The lowest BCUT2D eigenvalue weighted by molar-refractivity contribution is -0.704. The van der Waals surface area contributed by atoms with Crippen LogP contribution < -0.4 is 15.6 Å². The van der Waals surface area contributed by atoms with Gasteiger partial charge in [0.15, 0.2) is 11.9 Å². The molecule has 4 rings (SSSR count). The molecule has 1 aromatic carbocycles. The minimum absolute atomic E-state index is 0.0247. The maximum absolute atomic E-state index is 13.0. The number of aliphatic carboxylic acids is 2. The molecule has 5 N–H and O–H groups in total. The quantitative estimate of drug-likeness (QED) is 0.132. The van der Waals surface area contributed by atoms with E-state index in [9.17, 15) is 24.3 Å². The zero-order chi connectivity index (χ0) is 31.3. The van der Waals surface area contributed by atoms with Gasteiger partial charge in [-0.1, -0.05) is 30.1 Å². The zero-order valence-electron chi connectivity index (χ0n) is 23.1. The number of carboxylic acid groups (broad SMARTS) is 2. The number of amides is 2. The van der Waals surface area contributed by atoms with E-state index in [4.69, 9.17) is 34.0 Å². The third-order valence-corrected chi connectivity index (χ3v) is 11.1. The molecule has 3 atom stereocenters. The number of halogens is 2. The summed E-state index contributed by atoms with van der Waals surface area (Å²) in [6, 6.07) is 7.25. The Hall–Kier alpha value is -2.42. The lowest BCUT2D eigenvalue weighted by Gasteiger charge is -2.49. The predicted molar refractivity (Wildman–Crippen MR) is 168 cm³/mol. The summed E-state index contributed by atoms with van der Waals surface area (Å²) in [6.45, 7) is 2.67. The Balaban J connectivity index is 1.36. The summed E-state index contributed by atoms with van der Waals surface area (Å²) in [5.74, 6) is -2.17. The highest BCUT2D eigenvalue weighted by molar-refractivity contribution is 8.01. The first-order chi connectivity index (χ1) is 20.5. The van der Waals surface area contributed by atoms with Crippen LogP contribution in [0.25, 0.3) is 0 Å². The molecular formula is C28H31Cl2N4O6S3+. The van der Waals surface area contributed by atoms with Crippen molar-refractivity contribution in [2.75, 3.05) is 17.3 Å². The first kappa shape index (κ1) is 33.5. The largest absolute Gasteiger partial charge is 0.480 e. The topological polar surface area (TPSA) is 154 Å². The fraction of sp³-hybridized carbons (Fsp3) is 0.393. The number of β-lactam (4-membered cyclic amide) rings is 1. The smallest absolute Gasteiger partial charge is 0.352 e. The second kappa shape index (κ2) is 15.0. The van der Waals surface area contributed by atoms with Crippen molar-refractivity contribution in [3.05, 3.63) is 63.5 Å². The molecule has 3 heterocycles. The van der Waals surface area contributed by atoms with Crippen molar-refractivity contribution in [2.24, 2.45) is 5.73 Å². The summed E-state index contributed by atoms with van der Waals surface area (Å²) in [5, 5.41) is 22.2. The van der Waals surface area contributed by atoms with Crippen molar-refractivity contribution in [3.63, 3.8) is 0 Å². The number of carboxylic acids is 2. The van der Waals surface area contributed by atoms with Crippen LogP contribution in [0.3, 0.4) is 0 Å². The van der Waals surface area contributed by atoms with Crippen LogP contribution in [0.5, 0.6) is 0 Å². The van der Waals surface area contributed by atoms with Gasteiger partial charge in [-0.05, 0) is 30.2 Å². The van der Waals surface area contributed by atoms with E-state index in [-0.39, 0.29) is 17.4 Å². The second-order valence-electron chi connectivity index (χ2n) is 9.85. The SMILES string of the molecule is CCc1cc(SCC2=C(C(=O)O)N3C(=O)[C@@H](NC(=O)CSc4cc(Cl)ccc4Cl)[C@H]3SC2)cc[n+]1CCC[C@H](N)C(=O)O. The normalized spacial score (nSPS) is 18.6. The Kier molecular flexibility index (Phi) is 11.7. The number of thioether (sulfide) groups is 3. The standard InChI is InChI=1S/C28H30Cl2N4O6S3/c1-2-17-11-18(7-9-33(17)8-3-4-20(31)27(37)38)41-12-15-13-43-26-23(25(36)34(26)24(15)28(39)40)32-22(35)14-42-21-10-16(29)5-6-19(21)30/h5-7,9-11,20,23,26H,2-4,8,12-14,31H2,1H3,(H2-,32,35,37,38,39,40)/p+1/t20-,23+,26+/m0/s1. The van der Waals surface area contributed by atoms with Crippen LogP contribution in [0.2, 0.25) is 10.0 Å². The summed E-state index contributed by atoms with van der Waals surface area (Å²) in [4.78, 5) is 51.7. The third-order valence-electron chi connectivity index (χ3n) is 6.92. The van der Waals surface area contributed by atoms with Gasteiger partial charge in [-0.3, -0.25) is 19.3 Å². The number of carbonyl (C=O) groups is 4. The van der Waals surface area contributed by atoms with Gasteiger partial charge in [0.25, 0.3) is 5.91 Å². The van der Waals surface area contributed by atoms with E-state index in [0.717, 1.165) is 17.0 Å². The number of benzene rings is 1. The molecule has 230 valence electrons. The fourth-order valence-corrected chi connectivity index (χ4v) is 8.42. The van der Waals surface area contributed by atoms with E-state index in [1.54, 1.807) is 18.2 Å². The van der Waals surface area contributed by atoms with Gasteiger partial charge in [-0.25, -0.2) is 9.36 Å². The Labute approximate surface area is 271 Å². The van der Waals surface area contributed by atoms with E-state index in [1.807, 2.05) is 25.3 Å². The van der Waals surface area contributed by atoms with E-state index in [2.05, 4.69) is 9.88 Å². The van der Waals surface area contributed by atoms with Crippen LogP contribution in [-0.4, -0.2) is 73.6 Å². The number of hydrogen-bond donors (Lipinski definition) is 4. The van der Waals surface area contributed by atoms with Crippen LogP contribution in [0.4, 0.5) is 0 Å². The number of carbonyl (C=O) groups excluding carboxylic acids is 2. The summed E-state index contributed by atoms with van der Waals surface area (Å²) in [7, 11) is 0. The Morgan fingerprint density at radius 1 is 1.21 bits per heavy atom. The molecular weight excluding hydrogens is 655 g/mol. The predicted octanol–water partition coefficient (Wildman–Crippen LogP) is 3.66. The average Bonchev–Trinajstić information content (AvgIpc) is 2.98. The van der Waals surface area contributed by atoms with Crippen LogP contribution in [-0.2, 0) is 32.1 Å². The summed E-state index contributed by atoms with van der Waals surface area (Å²) in [5.41, 5.74) is 7.28. The van der Waals surface area contributed by atoms with Gasteiger partial charge >= 0.3 is 11.9 Å². The monoisotopic (exact) mass is 685 g/mol. The Morgan fingerprint density at radius 3 is 2.67 bits per heavy atom. The second-order valence-corrected chi connectivity index (χ2v) is 13.9. The molecule has 10 nitrogen and oxygen atoms in total. The van der Waals surface area contributed by atoms with Crippen molar-refractivity contribution >= 4 is 82.2 Å². The lowest BCUT2D eigenvalue weighted by atomic mass is 10.0. The average molecular weight is 687 g/mol. The highest BCUT2D eigenvalue weighted by Gasteiger charge is 2.54. The molecule has 2 aliphatic rings. The van der Waals surface area contributed by atoms with Crippen molar-refractivity contribution in [3.8, 4) is 0 Å². The molecule has 2 aliphatic heterocycles. The minimum Gasteiger partial charge on any atom is -0.480 e. The van der Waals surface area contributed by atoms with E-state index in [0.29, 0.717) is 51.4 Å². The number of rotatable bonds is 14. The van der Waals surface area contributed by atoms with Gasteiger partial charge in [0.05, 0.1) is 10.8 Å². The molecule has 0 unspecified atom stereocenters. The molecule has 1 fully saturated rings. The van der Waals surface area contributed by atoms with Crippen molar-refractivity contribution in [2.45, 2.75) is 60.0 Å². The van der Waals surface area contributed by atoms with Gasteiger partial charge < -0.3 is 21.3 Å². The molecule has 2 amide bonds. The minimum atomic E-state index is -1.18. The fourth-order valence-electron chi connectivity index (χ4n) is 4.68. The third kappa shape index (κ3) is 8.20. The number of aromatic nitrogens is 1. The highest BCUT2D eigenvalue weighted by atomic mass is 35.5. The van der Waals surface area contributed by atoms with Crippen LogP contribution in [0.15, 0.2) is 57.6 Å². The van der Waals surface area contributed by atoms with Crippen molar-refractivity contribution in [1.29, 1.82) is 0 Å². The number of aryl methyl sites for hydroxylation is 2. The van der Waals surface area contributed by atoms with Crippen molar-refractivity contribution < 1.29 is 34.0 Å². The van der Waals surface area contributed by atoms with Crippen LogP contribution in [0, 0.1) is 0 Å². The number of fused-ring (bicyclic) bond motifs is 1. The van der Waals surface area contributed by atoms with E-state index < -0.39 is 35.3 Å². The molecule has 1 saturated heterocycles. The first-order valence-corrected chi connectivity index (χ1v) is 17.2. The maximum atomic E-state index is 13.0. The Morgan fingerprint density at radius 2 is 1.98 bits per heavy atom.